The summed E-state index contributed by atoms with van der Waals surface area (Å²) in [4.78, 5) is 10.8. The number of amides is 1. The number of rotatable bonds is 5. The molecule has 0 aromatic carbocycles. The van der Waals surface area contributed by atoms with E-state index >= 15 is 0 Å². The van der Waals surface area contributed by atoms with Crippen LogP contribution in [0.2, 0.25) is 0 Å². The summed E-state index contributed by atoms with van der Waals surface area (Å²) in [7, 11) is 0. The van der Waals surface area contributed by atoms with Crippen molar-refractivity contribution in [2.45, 2.75) is 24.9 Å². The largest absolute Gasteiger partial charge is 0.394 e. The van der Waals surface area contributed by atoms with E-state index in [1.807, 2.05) is 0 Å². The van der Waals surface area contributed by atoms with E-state index in [-0.39, 0.29) is 24.9 Å². The Morgan fingerprint density at radius 1 is 1.65 bits per heavy atom. The first-order valence-corrected chi connectivity index (χ1v) is 5.05. The summed E-state index contributed by atoms with van der Waals surface area (Å²) in [5.41, 5.74) is 4.94. The van der Waals surface area contributed by atoms with Crippen LogP contribution in [0, 0.1) is 0 Å². The average Bonchev–Trinajstić information content (AvgIpc) is 2.64. The third kappa shape index (κ3) is 3.81. The molecule has 0 saturated carbocycles. The third-order valence-corrected chi connectivity index (χ3v) is 2.36. The van der Waals surface area contributed by atoms with Gasteiger partial charge in [0, 0.05) is 12.6 Å². The van der Waals surface area contributed by atoms with Gasteiger partial charge in [0.05, 0.1) is 24.6 Å². The van der Waals surface area contributed by atoms with E-state index in [9.17, 15) is 14.3 Å². The molecular formula is C10H15FN2O4. The van der Waals surface area contributed by atoms with Crippen LogP contribution in [-0.4, -0.2) is 41.2 Å². The van der Waals surface area contributed by atoms with Crippen LogP contribution in [0.25, 0.3) is 0 Å². The summed E-state index contributed by atoms with van der Waals surface area (Å²) in [6.07, 6.45) is 0.574. The van der Waals surface area contributed by atoms with Gasteiger partial charge in [0.15, 0.2) is 0 Å². The van der Waals surface area contributed by atoms with Crippen molar-refractivity contribution in [3.63, 3.8) is 0 Å². The molecule has 0 spiro atoms. The van der Waals surface area contributed by atoms with Gasteiger partial charge < -0.3 is 26.0 Å². The highest BCUT2D eigenvalue weighted by atomic mass is 19.1. The van der Waals surface area contributed by atoms with Crippen LogP contribution in [0.4, 0.5) is 4.39 Å². The minimum atomic E-state index is -0.788. The molecule has 96 valence electrons. The van der Waals surface area contributed by atoms with Gasteiger partial charge in [-0.25, -0.2) is 4.39 Å². The van der Waals surface area contributed by atoms with Crippen molar-refractivity contribution in [2.75, 3.05) is 6.61 Å². The molecule has 7 heteroatoms. The molecule has 1 unspecified atom stereocenters. The second kappa shape index (κ2) is 6.33. The normalized spacial score (nSPS) is 29.8. The minimum Gasteiger partial charge on any atom is -0.394 e. The Balaban J connectivity index is 2.55. The van der Waals surface area contributed by atoms with Crippen molar-refractivity contribution in [3.8, 4) is 0 Å². The molecular weight excluding hydrogens is 231 g/mol. The molecule has 0 aromatic heterocycles. The number of primary amides is 1. The van der Waals surface area contributed by atoms with Crippen LogP contribution in [0.1, 0.15) is 6.42 Å². The first kappa shape index (κ1) is 13.6. The van der Waals surface area contributed by atoms with Gasteiger partial charge in [0.1, 0.15) is 12.3 Å². The van der Waals surface area contributed by atoms with E-state index in [4.69, 9.17) is 15.6 Å². The van der Waals surface area contributed by atoms with E-state index in [1.165, 1.54) is 6.20 Å². The summed E-state index contributed by atoms with van der Waals surface area (Å²) in [6, 6.07) is 0. The zero-order chi connectivity index (χ0) is 12.8. The summed E-state index contributed by atoms with van der Waals surface area (Å²) >= 11 is 0. The maximum atomic E-state index is 11.9. The van der Waals surface area contributed by atoms with Gasteiger partial charge in [-0.1, -0.05) is 0 Å². The molecule has 3 atom stereocenters. The number of hydrogen-bond donors (Lipinski definition) is 4. The van der Waals surface area contributed by atoms with Gasteiger partial charge in [-0.3, -0.25) is 4.79 Å². The Labute approximate surface area is 97.6 Å². The lowest BCUT2D eigenvalue weighted by atomic mass is 10.2. The molecule has 0 bridgehead atoms. The maximum Gasteiger partial charge on any atom is 0.250 e. The zero-order valence-corrected chi connectivity index (χ0v) is 9.04. The lowest BCUT2D eigenvalue weighted by Gasteiger charge is -2.12. The second-order valence-corrected chi connectivity index (χ2v) is 3.57. The molecule has 5 N–H and O–H groups in total. The van der Waals surface area contributed by atoms with Crippen LogP contribution in [-0.2, 0) is 9.53 Å². The van der Waals surface area contributed by atoms with Crippen LogP contribution in [0.3, 0.4) is 0 Å². The van der Waals surface area contributed by atoms with Crippen LogP contribution in [0.5, 0.6) is 0 Å². The monoisotopic (exact) mass is 246 g/mol. The molecule has 17 heavy (non-hydrogen) atoms. The highest BCUT2D eigenvalue weighted by Gasteiger charge is 2.32. The predicted molar refractivity (Wildman–Crippen MR) is 57.0 cm³/mol. The Bertz CT molecular complexity index is 332. The Hall–Kier alpha value is -1.44. The Morgan fingerprint density at radius 3 is 2.82 bits per heavy atom. The molecule has 1 heterocycles. The maximum absolute atomic E-state index is 11.9. The minimum absolute atomic E-state index is 0.0574. The van der Waals surface area contributed by atoms with E-state index in [0.717, 1.165) is 6.08 Å². The second-order valence-electron chi connectivity index (χ2n) is 3.57. The Kier molecular flexibility index (Phi) is 5.08. The molecule has 6 nitrogen and oxygen atoms in total. The average molecular weight is 246 g/mol. The number of aliphatic hydroxyl groups is 2. The van der Waals surface area contributed by atoms with Gasteiger partial charge in [0.2, 0.25) is 5.91 Å². The van der Waals surface area contributed by atoms with Crippen LogP contribution < -0.4 is 11.1 Å². The summed E-state index contributed by atoms with van der Waals surface area (Å²) in [6.45, 7) is -0.296. The fourth-order valence-corrected chi connectivity index (χ4v) is 1.45. The van der Waals surface area contributed by atoms with E-state index < -0.39 is 24.3 Å². The number of nitrogens with two attached hydrogens (primary N) is 1. The molecule has 0 aromatic rings. The number of carbonyl (C=O) groups is 1. The van der Waals surface area contributed by atoms with Crippen LogP contribution >= 0.6 is 0 Å². The molecule has 1 fully saturated rings. The van der Waals surface area contributed by atoms with E-state index in [0.29, 0.717) is 0 Å². The smallest absolute Gasteiger partial charge is 0.250 e. The van der Waals surface area contributed by atoms with Crippen molar-refractivity contribution >= 4 is 5.91 Å². The fraction of sp³-hybridized carbons (Fsp3) is 0.500. The lowest BCUT2D eigenvalue weighted by Crippen LogP contribution is -2.27. The van der Waals surface area contributed by atoms with E-state index in [2.05, 4.69) is 5.32 Å². The lowest BCUT2D eigenvalue weighted by molar-refractivity contribution is -0.114. The number of nitrogens with one attached hydrogen (secondary N) is 1. The molecule has 1 rings (SSSR count). The number of hydrogen-bond acceptors (Lipinski definition) is 5. The van der Waals surface area contributed by atoms with E-state index in [1.54, 1.807) is 0 Å². The SMILES string of the molecule is NC(=O)C(/C=C\F)=C\N[C@H]1CC(O)[C@@H](CO)O1. The van der Waals surface area contributed by atoms with Gasteiger partial charge >= 0.3 is 0 Å². The highest BCUT2D eigenvalue weighted by molar-refractivity contribution is 5.94. The molecule has 0 radical (unpaired) electrons. The van der Waals surface area contributed by atoms with Crippen molar-refractivity contribution in [1.82, 2.24) is 5.32 Å². The molecule has 1 saturated heterocycles. The van der Waals surface area contributed by atoms with Crippen LogP contribution in [0.15, 0.2) is 24.2 Å². The number of halogens is 1. The van der Waals surface area contributed by atoms with Gasteiger partial charge in [-0.2, -0.15) is 0 Å². The van der Waals surface area contributed by atoms with Crippen molar-refractivity contribution < 1.29 is 24.1 Å². The highest BCUT2D eigenvalue weighted by Crippen LogP contribution is 2.18. The first-order valence-electron chi connectivity index (χ1n) is 5.05. The first-order chi connectivity index (χ1) is 8.08. The number of ether oxygens (including phenoxy) is 1. The Morgan fingerprint density at radius 2 is 2.35 bits per heavy atom. The van der Waals surface area contributed by atoms with Gasteiger partial charge in [-0.05, 0) is 6.08 Å². The quantitative estimate of drug-likeness (QED) is 0.364. The van der Waals surface area contributed by atoms with Gasteiger partial charge in [0.25, 0.3) is 0 Å². The molecule has 1 amide bonds. The van der Waals surface area contributed by atoms with Crippen molar-refractivity contribution in [3.05, 3.63) is 24.2 Å². The van der Waals surface area contributed by atoms with Gasteiger partial charge in [-0.15, -0.1) is 0 Å². The van der Waals surface area contributed by atoms with Crippen molar-refractivity contribution in [1.29, 1.82) is 0 Å². The third-order valence-electron chi connectivity index (χ3n) is 2.36. The molecule has 0 aliphatic carbocycles. The summed E-state index contributed by atoms with van der Waals surface area (Å²) in [5, 5.41) is 20.9. The topological polar surface area (TPSA) is 105 Å². The standard InChI is InChI=1S/C10H15FN2O4/c11-2-1-6(10(12)16)4-13-9-3-7(15)8(5-14)17-9/h1-2,4,7-9,13-15H,3,5H2,(H2,12,16)/b2-1-,6-4-/t7?,8-,9-/m1/s1. The molecule has 1 aliphatic heterocycles. The van der Waals surface area contributed by atoms with Crippen molar-refractivity contribution in [2.24, 2.45) is 5.73 Å². The predicted octanol–water partition coefficient (Wildman–Crippen LogP) is -1.10. The zero-order valence-electron chi connectivity index (χ0n) is 9.04. The number of carbonyl (C=O) groups excluding carboxylic acids is 1. The fourth-order valence-electron chi connectivity index (χ4n) is 1.45. The summed E-state index contributed by atoms with van der Waals surface area (Å²) < 4.78 is 17.1. The number of aliphatic hydroxyl groups excluding tert-OH is 2. The summed E-state index contributed by atoms with van der Waals surface area (Å²) in [5.74, 6) is -0.788. The molecule has 1 aliphatic rings.